The minimum Gasteiger partial charge on any atom is -0.360 e. The van der Waals surface area contributed by atoms with Gasteiger partial charge in [0.15, 0.2) is 5.82 Å². The molecule has 0 aliphatic carbocycles. The highest BCUT2D eigenvalue weighted by Gasteiger charge is 2.13. The second kappa shape index (κ2) is 5.91. The Hall–Kier alpha value is -3.56. The van der Waals surface area contributed by atoms with E-state index in [9.17, 15) is 19.7 Å². The molecule has 0 atom stereocenters. The molecule has 1 amide bonds. The highest BCUT2D eigenvalue weighted by molar-refractivity contribution is 5.89. The minimum absolute atomic E-state index is 0.161. The predicted molar refractivity (Wildman–Crippen MR) is 82.5 cm³/mol. The summed E-state index contributed by atoms with van der Waals surface area (Å²) in [7, 11) is 0. The number of aryl methyl sites for hydroxylation is 1. The van der Waals surface area contributed by atoms with Crippen LogP contribution in [0.4, 0.5) is 11.5 Å². The van der Waals surface area contributed by atoms with E-state index >= 15 is 0 Å². The van der Waals surface area contributed by atoms with Gasteiger partial charge in [-0.05, 0) is 13.0 Å². The molecule has 0 bridgehead atoms. The number of nitrogens with one attached hydrogen (secondary N) is 1. The molecular formula is C14H11N5O5. The number of hydrogen-bond acceptors (Lipinski definition) is 7. The number of rotatable bonds is 4. The molecule has 1 N–H and O–H groups in total. The molecular weight excluding hydrogens is 318 g/mol. The Morgan fingerprint density at radius 3 is 2.88 bits per heavy atom. The van der Waals surface area contributed by atoms with Crippen molar-refractivity contribution in [3.8, 4) is 0 Å². The first-order chi connectivity index (χ1) is 11.4. The van der Waals surface area contributed by atoms with Gasteiger partial charge in [-0.1, -0.05) is 5.16 Å². The maximum Gasteiger partial charge on any atom is 0.271 e. The first-order valence-electron chi connectivity index (χ1n) is 6.81. The number of aromatic nitrogens is 3. The third-order valence-electron chi connectivity index (χ3n) is 3.23. The average molecular weight is 329 g/mol. The summed E-state index contributed by atoms with van der Waals surface area (Å²) in [6.07, 6.45) is 1.17. The summed E-state index contributed by atoms with van der Waals surface area (Å²) in [4.78, 5) is 38.5. The van der Waals surface area contributed by atoms with E-state index in [1.807, 2.05) is 0 Å². The monoisotopic (exact) mass is 329 g/mol. The van der Waals surface area contributed by atoms with Gasteiger partial charge in [-0.3, -0.25) is 24.3 Å². The topological polar surface area (TPSA) is 133 Å². The number of hydrogen-bond donors (Lipinski definition) is 1. The summed E-state index contributed by atoms with van der Waals surface area (Å²) in [6.45, 7) is 1.41. The largest absolute Gasteiger partial charge is 0.360 e. The van der Waals surface area contributed by atoms with E-state index in [2.05, 4.69) is 15.5 Å². The van der Waals surface area contributed by atoms with Crippen molar-refractivity contribution in [2.24, 2.45) is 0 Å². The lowest BCUT2D eigenvalue weighted by Crippen LogP contribution is -2.28. The molecule has 0 saturated heterocycles. The molecule has 0 fully saturated rings. The SMILES string of the molecule is Cc1cc(NC(=O)Cn2cnc3cc([N+](=O)[O-])ccc3c2=O)no1. The molecule has 1 aromatic carbocycles. The number of fused-ring (bicyclic) bond motifs is 1. The van der Waals surface area contributed by atoms with E-state index in [0.29, 0.717) is 5.76 Å². The fourth-order valence-electron chi connectivity index (χ4n) is 2.14. The standard InChI is InChI=1S/C14H11N5O5/c1-8-4-12(17-24-8)16-13(20)6-18-7-15-11-5-9(19(22)23)2-3-10(11)14(18)21/h2-5,7H,6H2,1H3,(H,16,17,20). The molecule has 0 saturated carbocycles. The van der Waals surface area contributed by atoms with Gasteiger partial charge in [-0.15, -0.1) is 0 Å². The molecule has 0 radical (unpaired) electrons. The quantitative estimate of drug-likeness (QED) is 0.562. The molecule has 10 nitrogen and oxygen atoms in total. The van der Waals surface area contributed by atoms with Crippen LogP contribution in [-0.2, 0) is 11.3 Å². The molecule has 0 aliphatic rings. The van der Waals surface area contributed by atoms with Gasteiger partial charge in [0.2, 0.25) is 5.91 Å². The van der Waals surface area contributed by atoms with Crippen LogP contribution in [0.1, 0.15) is 5.76 Å². The van der Waals surface area contributed by atoms with Crippen LogP contribution in [0.15, 0.2) is 39.9 Å². The molecule has 122 valence electrons. The van der Waals surface area contributed by atoms with Crippen molar-refractivity contribution in [1.29, 1.82) is 0 Å². The second-order valence-electron chi connectivity index (χ2n) is 5.01. The van der Waals surface area contributed by atoms with Crippen LogP contribution in [-0.4, -0.2) is 25.5 Å². The number of carbonyl (C=O) groups is 1. The van der Waals surface area contributed by atoms with Gasteiger partial charge in [0, 0.05) is 18.2 Å². The van der Waals surface area contributed by atoms with Crippen molar-refractivity contribution in [3.63, 3.8) is 0 Å². The summed E-state index contributed by atoms with van der Waals surface area (Å²) < 4.78 is 5.93. The smallest absolute Gasteiger partial charge is 0.271 e. The van der Waals surface area contributed by atoms with Gasteiger partial charge in [0.05, 0.1) is 22.2 Å². The van der Waals surface area contributed by atoms with Crippen LogP contribution in [0.3, 0.4) is 0 Å². The Kier molecular flexibility index (Phi) is 3.78. The first kappa shape index (κ1) is 15.3. The van der Waals surface area contributed by atoms with E-state index in [1.165, 1.54) is 24.5 Å². The van der Waals surface area contributed by atoms with Gasteiger partial charge in [0.1, 0.15) is 12.3 Å². The number of nitrogens with zero attached hydrogens (tertiary/aromatic N) is 4. The lowest BCUT2D eigenvalue weighted by atomic mass is 10.2. The Labute approximate surface area is 133 Å². The lowest BCUT2D eigenvalue weighted by molar-refractivity contribution is -0.384. The van der Waals surface area contributed by atoms with Crippen LogP contribution in [0.5, 0.6) is 0 Å². The third-order valence-corrected chi connectivity index (χ3v) is 3.23. The van der Waals surface area contributed by atoms with Crippen molar-refractivity contribution in [1.82, 2.24) is 14.7 Å². The average Bonchev–Trinajstić information content (AvgIpc) is 2.94. The van der Waals surface area contributed by atoms with Gasteiger partial charge < -0.3 is 9.84 Å². The first-order valence-corrected chi connectivity index (χ1v) is 6.81. The van der Waals surface area contributed by atoms with Crippen LogP contribution < -0.4 is 10.9 Å². The number of anilines is 1. The summed E-state index contributed by atoms with van der Waals surface area (Å²) in [5.74, 6) is 0.305. The second-order valence-corrected chi connectivity index (χ2v) is 5.01. The zero-order chi connectivity index (χ0) is 17.3. The normalized spacial score (nSPS) is 10.7. The number of amides is 1. The van der Waals surface area contributed by atoms with Crippen LogP contribution >= 0.6 is 0 Å². The zero-order valence-electron chi connectivity index (χ0n) is 12.4. The predicted octanol–water partition coefficient (Wildman–Crippen LogP) is 1.24. The van der Waals surface area contributed by atoms with E-state index in [-0.39, 0.29) is 29.0 Å². The third kappa shape index (κ3) is 2.97. The van der Waals surface area contributed by atoms with Crippen LogP contribution in [0, 0.1) is 17.0 Å². The molecule has 0 unspecified atom stereocenters. The van der Waals surface area contributed by atoms with E-state index < -0.39 is 16.4 Å². The summed E-state index contributed by atoms with van der Waals surface area (Å²) >= 11 is 0. The van der Waals surface area contributed by atoms with Gasteiger partial charge in [0.25, 0.3) is 11.2 Å². The molecule has 0 spiro atoms. The highest BCUT2D eigenvalue weighted by atomic mass is 16.6. The molecule has 10 heteroatoms. The van der Waals surface area contributed by atoms with Crippen molar-refractivity contribution < 1.29 is 14.2 Å². The van der Waals surface area contributed by atoms with Gasteiger partial charge in [-0.2, -0.15) is 0 Å². The maximum atomic E-state index is 12.3. The fourth-order valence-corrected chi connectivity index (χ4v) is 2.14. The fraction of sp³-hybridized carbons (Fsp3) is 0.143. The Balaban J connectivity index is 1.86. The Bertz CT molecular complexity index is 1010. The summed E-state index contributed by atoms with van der Waals surface area (Å²) in [5, 5.41) is 17.0. The maximum absolute atomic E-state index is 12.3. The summed E-state index contributed by atoms with van der Waals surface area (Å²) in [5.41, 5.74) is -0.439. The molecule has 2 heterocycles. The molecule has 3 aromatic rings. The lowest BCUT2D eigenvalue weighted by Gasteiger charge is -2.06. The molecule has 2 aromatic heterocycles. The molecule has 3 rings (SSSR count). The van der Waals surface area contributed by atoms with Crippen molar-refractivity contribution in [3.05, 3.63) is 56.8 Å². The number of non-ortho nitro benzene ring substituents is 1. The van der Waals surface area contributed by atoms with Crippen LogP contribution in [0.25, 0.3) is 10.9 Å². The van der Waals surface area contributed by atoms with Crippen LogP contribution in [0.2, 0.25) is 0 Å². The number of benzene rings is 1. The zero-order valence-corrected chi connectivity index (χ0v) is 12.4. The minimum atomic E-state index is -0.569. The Morgan fingerprint density at radius 2 is 2.21 bits per heavy atom. The van der Waals surface area contributed by atoms with Crippen molar-refractivity contribution >= 4 is 28.3 Å². The van der Waals surface area contributed by atoms with E-state index in [1.54, 1.807) is 13.0 Å². The molecule has 0 aliphatic heterocycles. The molecule has 24 heavy (non-hydrogen) atoms. The van der Waals surface area contributed by atoms with E-state index in [4.69, 9.17) is 4.52 Å². The van der Waals surface area contributed by atoms with Crippen molar-refractivity contribution in [2.45, 2.75) is 13.5 Å². The number of carbonyl (C=O) groups excluding carboxylic acids is 1. The van der Waals surface area contributed by atoms with E-state index in [0.717, 1.165) is 4.57 Å². The highest BCUT2D eigenvalue weighted by Crippen LogP contribution is 2.16. The number of nitro groups is 1. The number of nitro benzene ring substituents is 1. The van der Waals surface area contributed by atoms with Crippen molar-refractivity contribution in [2.75, 3.05) is 5.32 Å². The van der Waals surface area contributed by atoms with Gasteiger partial charge >= 0.3 is 0 Å². The van der Waals surface area contributed by atoms with Gasteiger partial charge in [-0.25, -0.2) is 4.98 Å². The summed E-state index contributed by atoms with van der Waals surface area (Å²) in [6, 6.07) is 5.28. The Morgan fingerprint density at radius 1 is 1.42 bits per heavy atom.